The third-order valence-corrected chi connectivity index (χ3v) is 7.39. The zero-order chi connectivity index (χ0) is 30.6. The number of aliphatic carboxylic acids is 1. The number of nitrogens with zero attached hydrogens (tertiary/aromatic N) is 2. The van der Waals surface area contributed by atoms with Crippen molar-refractivity contribution in [2.75, 3.05) is 12.9 Å². The Morgan fingerprint density at radius 2 is 1.81 bits per heavy atom. The van der Waals surface area contributed by atoms with E-state index < -0.39 is 42.1 Å². The molecule has 0 aliphatic rings. The number of ketones is 1. The molecule has 224 valence electrons. The van der Waals surface area contributed by atoms with Crippen LogP contribution in [0.4, 0.5) is 0 Å². The summed E-state index contributed by atoms with van der Waals surface area (Å²) in [7, 11) is 1.49. The smallest absolute Gasteiger partial charge is 0.305 e. The fourth-order valence-corrected chi connectivity index (χ4v) is 5.06. The molecule has 0 aliphatic carbocycles. The molecule has 1 aromatic heterocycles. The lowest BCUT2D eigenvalue weighted by Gasteiger charge is -2.25. The van der Waals surface area contributed by atoms with Gasteiger partial charge in [-0.1, -0.05) is 56.3 Å². The number of hydrogen-bond donors (Lipinski definition) is 3. The van der Waals surface area contributed by atoms with E-state index in [-0.39, 0.29) is 18.1 Å². The van der Waals surface area contributed by atoms with E-state index in [0.717, 1.165) is 5.56 Å². The number of carbonyl (C=O) groups is 4. The van der Waals surface area contributed by atoms with Crippen molar-refractivity contribution in [2.24, 2.45) is 5.92 Å². The first-order valence-electron chi connectivity index (χ1n) is 13.6. The maximum absolute atomic E-state index is 13.2. The van der Waals surface area contributed by atoms with Gasteiger partial charge in [-0.2, -0.15) is 4.98 Å². The predicted molar refractivity (Wildman–Crippen MR) is 158 cm³/mol. The van der Waals surface area contributed by atoms with Crippen LogP contribution in [0.5, 0.6) is 5.75 Å². The Bertz CT molecular complexity index is 1380. The van der Waals surface area contributed by atoms with E-state index in [0.29, 0.717) is 40.8 Å². The Hall–Kier alpha value is -4.19. The number of amides is 2. The number of Topliss-reactive ketones (excluding diaryl/α,β-unsaturated/α-hetero) is 1. The quantitative estimate of drug-likeness (QED) is 0.223. The fourth-order valence-electron chi connectivity index (χ4n) is 4.12. The van der Waals surface area contributed by atoms with Crippen molar-refractivity contribution in [3.05, 3.63) is 65.5 Å². The number of aryl methyl sites for hydroxylation is 1. The number of nitrogens with one attached hydrogen (secondary N) is 2. The number of aromatic nitrogens is 2. The van der Waals surface area contributed by atoms with E-state index in [1.807, 2.05) is 37.3 Å². The Balaban J connectivity index is 1.67. The normalized spacial score (nSPS) is 12.4. The monoisotopic (exact) mass is 596 g/mol. The molecule has 2 atom stereocenters. The second-order valence-electron chi connectivity index (χ2n) is 9.97. The molecular formula is C30H36N4O7S. The van der Waals surface area contributed by atoms with Crippen molar-refractivity contribution in [3.63, 3.8) is 0 Å². The molecule has 0 spiro atoms. The number of hydrogen-bond acceptors (Lipinski definition) is 9. The van der Waals surface area contributed by atoms with Gasteiger partial charge in [-0.25, -0.2) is 0 Å². The Morgan fingerprint density at radius 1 is 1.07 bits per heavy atom. The van der Waals surface area contributed by atoms with E-state index in [9.17, 15) is 24.3 Å². The summed E-state index contributed by atoms with van der Waals surface area (Å²) < 4.78 is 10.7. The highest BCUT2D eigenvalue weighted by molar-refractivity contribution is 7.99. The molecule has 0 aliphatic heterocycles. The minimum absolute atomic E-state index is 0.0295. The predicted octanol–water partition coefficient (Wildman–Crippen LogP) is 3.45. The molecule has 2 aromatic carbocycles. The largest absolute Gasteiger partial charge is 0.496 e. The summed E-state index contributed by atoms with van der Waals surface area (Å²) >= 11 is 1.34. The van der Waals surface area contributed by atoms with E-state index in [1.165, 1.54) is 18.9 Å². The minimum Gasteiger partial charge on any atom is -0.496 e. The van der Waals surface area contributed by atoms with Crippen LogP contribution in [0, 0.1) is 5.92 Å². The first-order valence-corrected chi connectivity index (χ1v) is 14.7. The van der Waals surface area contributed by atoms with Crippen LogP contribution in [0.15, 0.2) is 53.1 Å². The third kappa shape index (κ3) is 9.44. The molecule has 3 rings (SSSR count). The maximum Gasteiger partial charge on any atom is 0.305 e. The summed E-state index contributed by atoms with van der Waals surface area (Å²) in [6.07, 6.45) is -0.0659. The molecular weight excluding hydrogens is 560 g/mol. The second kappa shape index (κ2) is 15.7. The minimum atomic E-state index is -1.23. The topological polar surface area (TPSA) is 161 Å². The molecule has 12 heteroatoms. The van der Waals surface area contributed by atoms with Gasteiger partial charge in [0, 0.05) is 23.3 Å². The average molecular weight is 597 g/mol. The Morgan fingerprint density at radius 3 is 2.43 bits per heavy atom. The van der Waals surface area contributed by atoms with Crippen LogP contribution in [-0.4, -0.2) is 63.8 Å². The number of ether oxygens (including phenoxy) is 1. The summed E-state index contributed by atoms with van der Waals surface area (Å²) in [6.45, 7) is 5.40. The van der Waals surface area contributed by atoms with Crippen molar-refractivity contribution < 1.29 is 33.5 Å². The molecule has 1 heterocycles. The molecule has 3 aromatic rings. The second-order valence-corrected chi connectivity index (χ2v) is 11.0. The van der Waals surface area contributed by atoms with Crippen molar-refractivity contribution in [1.29, 1.82) is 0 Å². The number of carboxylic acid groups (broad SMARTS) is 1. The lowest BCUT2D eigenvalue weighted by Crippen LogP contribution is -2.54. The van der Waals surface area contributed by atoms with Crippen molar-refractivity contribution in [1.82, 2.24) is 20.8 Å². The molecule has 0 bridgehead atoms. The van der Waals surface area contributed by atoms with E-state index in [4.69, 9.17) is 9.26 Å². The van der Waals surface area contributed by atoms with Gasteiger partial charge in [0.2, 0.25) is 11.8 Å². The van der Waals surface area contributed by atoms with Crippen molar-refractivity contribution in [3.8, 4) is 17.2 Å². The zero-order valence-electron chi connectivity index (χ0n) is 24.1. The summed E-state index contributed by atoms with van der Waals surface area (Å²) in [5, 5.41) is 18.6. The van der Waals surface area contributed by atoms with Crippen LogP contribution >= 0.6 is 11.8 Å². The molecule has 11 nitrogen and oxygen atoms in total. The summed E-state index contributed by atoms with van der Waals surface area (Å²) in [5.41, 5.74) is 2.19. The first-order chi connectivity index (χ1) is 20.1. The number of carbonyl (C=O) groups excluding carboxylic acids is 3. The highest BCUT2D eigenvalue weighted by atomic mass is 32.2. The highest BCUT2D eigenvalue weighted by Crippen LogP contribution is 2.26. The molecule has 0 radical (unpaired) electrons. The van der Waals surface area contributed by atoms with Crippen molar-refractivity contribution in [2.45, 2.75) is 57.9 Å². The Labute approximate surface area is 248 Å². The van der Waals surface area contributed by atoms with E-state index in [1.54, 1.807) is 32.0 Å². The van der Waals surface area contributed by atoms with Crippen LogP contribution in [0.25, 0.3) is 11.5 Å². The number of carboxylic acids is 1. The van der Waals surface area contributed by atoms with Gasteiger partial charge in [0.1, 0.15) is 11.8 Å². The van der Waals surface area contributed by atoms with E-state index >= 15 is 0 Å². The lowest BCUT2D eigenvalue weighted by atomic mass is 10.0. The van der Waals surface area contributed by atoms with Crippen LogP contribution < -0.4 is 15.4 Å². The molecule has 3 N–H and O–H groups in total. The molecule has 0 fully saturated rings. The highest BCUT2D eigenvalue weighted by Gasteiger charge is 2.30. The maximum atomic E-state index is 13.2. The van der Waals surface area contributed by atoms with Crippen LogP contribution in [0.2, 0.25) is 0 Å². The van der Waals surface area contributed by atoms with Gasteiger partial charge in [0.25, 0.3) is 5.89 Å². The van der Waals surface area contributed by atoms with Crippen LogP contribution in [0.1, 0.15) is 44.1 Å². The number of rotatable bonds is 16. The first kappa shape index (κ1) is 32.3. The van der Waals surface area contributed by atoms with Gasteiger partial charge in [-0.15, -0.1) is 11.8 Å². The fraction of sp³-hybridized carbons (Fsp3) is 0.400. The van der Waals surface area contributed by atoms with Gasteiger partial charge in [-0.05, 0) is 29.7 Å². The molecule has 42 heavy (non-hydrogen) atoms. The van der Waals surface area contributed by atoms with Crippen molar-refractivity contribution >= 4 is 35.3 Å². The number of benzene rings is 2. The van der Waals surface area contributed by atoms with Gasteiger partial charge < -0.3 is 25.0 Å². The van der Waals surface area contributed by atoms with Crippen LogP contribution in [-0.2, 0) is 37.8 Å². The SMILES string of the molecule is CCc1noc(-c2ccc(OC)c(CC(=O)N[C@H](C(=O)NC(CC(=O)O)C(=O)CSCc3ccccc3)C(C)C)c2)n1. The summed E-state index contributed by atoms with van der Waals surface area (Å²) in [5.74, 6) is -1.13. The molecule has 2 amide bonds. The molecule has 0 saturated heterocycles. The van der Waals surface area contributed by atoms with Gasteiger partial charge in [0.15, 0.2) is 11.6 Å². The van der Waals surface area contributed by atoms with Gasteiger partial charge in [-0.3, -0.25) is 19.2 Å². The van der Waals surface area contributed by atoms with E-state index in [2.05, 4.69) is 20.8 Å². The third-order valence-electron chi connectivity index (χ3n) is 6.37. The Kier molecular flexibility index (Phi) is 12.1. The van der Waals surface area contributed by atoms with Gasteiger partial charge in [0.05, 0.1) is 31.7 Å². The summed E-state index contributed by atoms with van der Waals surface area (Å²) in [4.78, 5) is 55.0. The van der Waals surface area contributed by atoms with Gasteiger partial charge >= 0.3 is 5.97 Å². The average Bonchev–Trinajstić information content (AvgIpc) is 3.45. The number of thioether (sulfide) groups is 1. The summed E-state index contributed by atoms with van der Waals surface area (Å²) in [6, 6.07) is 12.5. The standard InChI is InChI=1S/C30H36N4O7S/c1-5-25-32-30(41-34-25)20-11-12-24(40-4)21(13-20)14-26(36)33-28(18(2)3)29(39)31-22(15-27(37)38)23(35)17-42-16-19-9-7-6-8-10-19/h6-13,18,22,28H,5,14-17H2,1-4H3,(H,31,39)(H,33,36)(H,37,38)/t22?,28-/m0/s1. The lowest BCUT2D eigenvalue weighted by molar-refractivity contribution is -0.140. The number of methoxy groups -OCH3 is 1. The molecule has 0 saturated carbocycles. The van der Waals surface area contributed by atoms with Crippen LogP contribution in [0.3, 0.4) is 0 Å². The molecule has 1 unspecified atom stereocenters. The zero-order valence-corrected chi connectivity index (χ0v) is 24.9.